The van der Waals surface area contributed by atoms with Crippen molar-refractivity contribution in [3.63, 3.8) is 0 Å². The Kier molecular flexibility index (Phi) is 12.7. The number of ether oxygens (including phenoxy) is 1. The van der Waals surface area contributed by atoms with Crippen LogP contribution in [0.2, 0.25) is 0 Å². The lowest BCUT2D eigenvalue weighted by Gasteiger charge is -2.40. The van der Waals surface area contributed by atoms with Gasteiger partial charge in [-0.2, -0.15) is 0 Å². The third-order valence-electron chi connectivity index (χ3n) is 20.8. The van der Waals surface area contributed by atoms with Gasteiger partial charge in [0.1, 0.15) is 11.5 Å². The molecule has 450 valence electrons. The quantitative estimate of drug-likeness (QED) is 0.165. The van der Waals surface area contributed by atoms with Gasteiger partial charge in [-0.25, -0.2) is 0 Å². The third kappa shape index (κ3) is 8.59. The monoisotopic (exact) mass is 1190 g/mol. The number of hydrogen-bond donors (Lipinski definition) is 0. The highest BCUT2D eigenvalue weighted by Crippen LogP contribution is 2.66. The van der Waals surface area contributed by atoms with E-state index in [9.17, 15) is 0 Å². The van der Waals surface area contributed by atoms with Crippen LogP contribution in [0.3, 0.4) is 0 Å². The van der Waals surface area contributed by atoms with Crippen molar-refractivity contribution in [1.82, 2.24) is 0 Å². The van der Waals surface area contributed by atoms with Gasteiger partial charge in [-0.15, -0.1) is 0 Å². The zero-order chi connectivity index (χ0) is 63.4. The molecule has 0 fully saturated rings. The van der Waals surface area contributed by atoms with Gasteiger partial charge in [0.2, 0.25) is 0 Å². The van der Waals surface area contributed by atoms with E-state index in [0.29, 0.717) is 0 Å². The van der Waals surface area contributed by atoms with Gasteiger partial charge in [-0.1, -0.05) is 301 Å². The molecule has 0 saturated carbocycles. The average Bonchev–Trinajstić information content (AvgIpc) is 1.50. The molecule has 0 N–H and O–H groups in total. The van der Waals surface area contributed by atoms with Crippen molar-refractivity contribution in [3.8, 4) is 78.3 Å². The predicted octanol–water partition coefficient (Wildman–Crippen LogP) is 24.2. The van der Waals surface area contributed by atoms with E-state index in [2.05, 4.69) is 349 Å². The maximum absolute atomic E-state index is 7.20. The molecule has 0 bridgehead atoms. The summed E-state index contributed by atoms with van der Waals surface area (Å²) < 4.78 is 7.20. The first-order valence-corrected chi connectivity index (χ1v) is 33.0. The van der Waals surface area contributed by atoms with E-state index in [-0.39, 0.29) is 21.7 Å². The number of nitrogens with zero attached hydrogens (tertiary/aromatic N) is 1. The Morgan fingerprint density at radius 2 is 0.587 bits per heavy atom. The van der Waals surface area contributed by atoms with Crippen LogP contribution < -0.4 is 9.64 Å². The molecule has 0 atom stereocenters. The fraction of sp³-hybridized carbons (Fsp3) is 0.200. The Morgan fingerprint density at radius 1 is 0.239 bits per heavy atom. The number of hydrogen-bond acceptors (Lipinski definition) is 2. The van der Waals surface area contributed by atoms with Gasteiger partial charge in [0.25, 0.3) is 0 Å². The molecule has 0 amide bonds. The van der Waals surface area contributed by atoms with Crippen molar-refractivity contribution >= 4 is 17.1 Å². The van der Waals surface area contributed by atoms with Gasteiger partial charge < -0.3 is 9.64 Å². The van der Waals surface area contributed by atoms with Crippen LogP contribution in [-0.2, 0) is 32.5 Å². The maximum Gasteiger partial charge on any atom is 0.132 e. The van der Waals surface area contributed by atoms with Gasteiger partial charge in [-0.05, 0) is 175 Å². The number of rotatable bonds is 6. The van der Waals surface area contributed by atoms with Crippen LogP contribution in [-0.4, -0.2) is 0 Å². The normalized spacial score (nSPS) is 14.3. The summed E-state index contributed by atoms with van der Waals surface area (Å²) in [5, 5.41) is 0. The Labute approximate surface area is 544 Å². The number of fused-ring (bicyclic) bond motifs is 19. The summed E-state index contributed by atoms with van der Waals surface area (Å²) in [6, 6.07) is 99.9. The highest BCUT2D eigenvalue weighted by atomic mass is 16.5. The van der Waals surface area contributed by atoms with Crippen LogP contribution in [0.1, 0.15) is 150 Å². The summed E-state index contributed by atoms with van der Waals surface area (Å²) in [4.78, 5) is 2.58. The van der Waals surface area contributed by atoms with Crippen molar-refractivity contribution in [2.45, 2.75) is 116 Å². The topological polar surface area (TPSA) is 12.5 Å². The van der Waals surface area contributed by atoms with Crippen molar-refractivity contribution in [3.05, 3.63) is 328 Å². The SMILES string of the molecule is CC(C)(C)c1ccc2c(c1)C1(c3ccccc3Oc3ccc(-c4ccccc4N(c4ccc5c(c4)C4(c6ccccc6-5)c5cc(C(C)(C)C)ccc5-c5ccc(C(C)(C)C)cc54)c4ccccc4-c4ccc(-c5ccccc5)cc4)cc31)c1cc(C(C)(C)C)ccc1-2. The van der Waals surface area contributed by atoms with E-state index in [0.717, 1.165) is 61.9 Å². The van der Waals surface area contributed by atoms with E-state index in [4.69, 9.17) is 4.74 Å². The summed E-state index contributed by atoms with van der Waals surface area (Å²) in [7, 11) is 0. The van der Waals surface area contributed by atoms with Crippen molar-refractivity contribution < 1.29 is 4.74 Å². The molecule has 2 spiro atoms. The van der Waals surface area contributed by atoms with Gasteiger partial charge >= 0.3 is 0 Å². The summed E-state index contributed by atoms with van der Waals surface area (Å²) in [6.07, 6.45) is 0. The molecule has 0 radical (unpaired) electrons. The van der Waals surface area contributed by atoms with Crippen LogP contribution in [0.15, 0.2) is 261 Å². The number of anilines is 3. The second-order valence-electron chi connectivity index (χ2n) is 30.4. The minimum absolute atomic E-state index is 0.0744. The summed E-state index contributed by atoms with van der Waals surface area (Å²) in [5.74, 6) is 1.76. The van der Waals surface area contributed by atoms with Crippen LogP contribution >= 0.6 is 0 Å². The zero-order valence-electron chi connectivity index (χ0n) is 55.2. The number of benzene rings is 12. The Hall–Kier alpha value is -9.76. The summed E-state index contributed by atoms with van der Waals surface area (Å²) in [6.45, 7) is 28.1. The van der Waals surface area contributed by atoms with Crippen molar-refractivity contribution in [1.29, 1.82) is 0 Å². The lowest BCUT2D eigenvalue weighted by Crippen LogP contribution is -2.33. The van der Waals surface area contributed by atoms with Crippen LogP contribution in [0.4, 0.5) is 17.1 Å². The van der Waals surface area contributed by atoms with Gasteiger partial charge in [0, 0.05) is 27.9 Å². The van der Waals surface area contributed by atoms with Gasteiger partial charge in [-0.3, -0.25) is 0 Å². The highest BCUT2D eigenvalue weighted by molar-refractivity contribution is 6.00. The average molecular weight is 1190 g/mol. The minimum atomic E-state index is -0.697. The lowest BCUT2D eigenvalue weighted by molar-refractivity contribution is 0.436. The first kappa shape index (κ1) is 57.4. The Balaban J connectivity index is 0.967. The van der Waals surface area contributed by atoms with Gasteiger partial charge in [0.05, 0.1) is 22.2 Å². The zero-order valence-corrected chi connectivity index (χ0v) is 55.2. The highest BCUT2D eigenvalue weighted by Gasteiger charge is 2.54. The molecular weight excluding hydrogens is 1110 g/mol. The molecular formula is C90H79NO. The Morgan fingerprint density at radius 3 is 1.09 bits per heavy atom. The molecule has 0 aromatic heterocycles. The molecule has 12 aromatic carbocycles. The largest absolute Gasteiger partial charge is 0.457 e. The minimum Gasteiger partial charge on any atom is -0.457 e. The van der Waals surface area contributed by atoms with Crippen molar-refractivity contribution in [2.75, 3.05) is 4.90 Å². The molecule has 16 rings (SSSR count). The predicted molar refractivity (Wildman–Crippen MR) is 386 cm³/mol. The molecule has 12 aromatic rings. The van der Waals surface area contributed by atoms with Crippen LogP contribution in [0.25, 0.3) is 66.8 Å². The van der Waals surface area contributed by atoms with E-state index < -0.39 is 10.8 Å². The molecule has 1 aliphatic heterocycles. The standard InChI is InChI=1S/C90H79NO/c1-85(2,3)60-39-44-68-69-45-40-61(86(4,5)6)52-76(69)89(75(68)51-60)73-29-19-16-28-67(73)72-48-43-64(55-79(72)89)91(81-31-21-17-26-65(81)58-36-34-57(35-37-58)56-24-14-13-15-25-56)82-32-22-18-27-66(82)59-38-49-84-80(50-59)90(74-30-20-23-33-83(74)92-84)77-53-62(87(7,8)9)41-46-70(77)71-47-42-63(54-78(71)90)88(10,11)12/h13-55H,1-12H3. The first-order valence-electron chi connectivity index (χ1n) is 33.0. The van der Waals surface area contributed by atoms with E-state index in [1.54, 1.807) is 0 Å². The van der Waals surface area contributed by atoms with Crippen LogP contribution in [0, 0.1) is 0 Å². The number of para-hydroxylation sites is 3. The first-order chi connectivity index (χ1) is 44.1. The molecule has 92 heavy (non-hydrogen) atoms. The van der Waals surface area contributed by atoms with Gasteiger partial charge in [0.15, 0.2) is 0 Å². The maximum atomic E-state index is 7.20. The molecule has 4 aliphatic rings. The molecule has 3 aliphatic carbocycles. The molecule has 0 unspecified atom stereocenters. The summed E-state index contributed by atoms with van der Waals surface area (Å²) >= 11 is 0. The molecule has 0 saturated heterocycles. The van der Waals surface area contributed by atoms with Crippen molar-refractivity contribution in [2.24, 2.45) is 0 Å². The fourth-order valence-electron chi connectivity index (χ4n) is 16.0. The Bertz CT molecular complexity index is 4860. The van der Waals surface area contributed by atoms with E-state index in [1.165, 1.54) is 100 Å². The summed E-state index contributed by atoms with van der Waals surface area (Å²) in [5.41, 5.74) is 31.8. The third-order valence-corrected chi connectivity index (χ3v) is 20.8. The van der Waals surface area contributed by atoms with Crippen LogP contribution in [0.5, 0.6) is 11.5 Å². The van der Waals surface area contributed by atoms with E-state index >= 15 is 0 Å². The molecule has 2 nitrogen and oxygen atoms in total. The van der Waals surface area contributed by atoms with E-state index in [1.807, 2.05) is 0 Å². The smallest absolute Gasteiger partial charge is 0.132 e. The second-order valence-corrected chi connectivity index (χ2v) is 30.4. The molecule has 1 heterocycles. The fourth-order valence-corrected chi connectivity index (χ4v) is 16.0. The second kappa shape index (κ2) is 20.4. The lowest BCUT2D eigenvalue weighted by atomic mass is 9.64. The molecule has 2 heteroatoms.